The highest BCUT2D eigenvalue weighted by Crippen LogP contribution is 2.21. The van der Waals surface area contributed by atoms with Crippen molar-refractivity contribution in [3.05, 3.63) is 98.2 Å². The predicted molar refractivity (Wildman–Crippen MR) is 119 cm³/mol. The number of hydrogen-bond donors (Lipinski definition) is 3. The van der Waals surface area contributed by atoms with E-state index in [-0.39, 0.29) is 11.2 Å². The first-order chi connectivity index (χ1) is 15.0. The zero-order valence-corrected chi connectivity index (χ0v) is 16.6. The predicted octanol–water partition coefficient (Wildman–Crippen LogP) is 3.44. The molecular weight excluding hydrogens is 418 g/mol. The van der Waals surface area contributed by atoms with Crippen molar-refractivity contribution in [1.29, 1.82) is 0 Å². The van der Waals surface area contributed by atoms with Crippen LogP contribution in [0.1, 0.15) is 10.4 Å². The lowest BCUT2D eigenvalue weighted by atomic mass is 10.1. The molecule has 0 unspecified atom stereocenters. The van der Waals surface area contributed by atoms with Gasteiger partial charge < -0.3 is 10.3 Å². The van der Waals surface area contributed by atoms with E-state index in [1.807, 2.05) is 6.07 Å². The number of carbonyl (C=O) groups is 1. The average Bonchev–Trinajstić information content (AvgIpc) is 3.10. The number of anilines is 1. The molecule has 0 atom stereocenters. The number of fused-ring (bicyclic) bond motifs is 2. The minimum atomic E-state index is -0.684. The Bertz CT molecular complexity index is 1600. The number of aromatic amines is 2. The number of nitrogens with one attached hydrogen (secondary N) is 3. The molecule has 0 spiro atoms. The molecule has 3 heterocycles. The fraction of sp³-hybridized carbons (Fsp3) is 0. The summed E-state index contributed by atoms with van der Waals surface area (Å²) in [5.74, 6) is -0.647. The summed E-state index contributed by atoms with van der Waals surface area (Å²) in [6, 6.07) is 17.1. The molecule has 152 valence electrons. The van der Waals surface area contributed by atoms with Gasteiger partial charge in [-0.15, -0.1) is 0 Å². The first-order valence-electron chi connectivity index (χ1n) is 9.30. The number of carbonyl (C=O) groups excluding carboxylic acids is 1. The molecule has 8 nitrogen and oxygen atoms in total. The minimum Gasteiger partial charge on any atom is -0.339 e. The second kappa shape index (κ2) is 7.26. The zero-order valence-electron chi connectivity index (χ0n) is 15.8. The molecule has 0 aliphatic carbocycles. The van der Waals surface area contributed by atoms with Gasteiger partial charge in [-0.1, -0.05) is 29.8 Å². The molecule has 3 N–H and O–H groups in total. The Labute approximate surface area is 179 Å². The number of halogens is 1. The maximum atomic E-state index is 13.0. The van der Waals surface area contributed by atoms with E-state index in [4.69, 9.17) is 11.6 Å². The van der Waals surface area contributed by atoms with Gasteiger partial charge in [0.25, 0.3) is 17.0 Å². The Balaban J connectivity index is 1.59. The zero-order chi connectivity index (χ0) is 21.5. The lowest BCUT2D eigenvalue weighted by Crippen LogP contribution is -2.20. The highest BCUT2D eigenvalue weighted by molar-refractivity contribution is 6.30. The van der Waals surface area contributed by atoms with Crippen molar-refractivity contribution in [3.8, 4) is 11.3 Å². The molecule has 0 radical (unpaired) electrons. The van der Waals surface area contributed by atoms with E-state index in [1.54, 1.807) is 54.7 Å². The topological polar surface area (TPSA) is 112 Å². The molecule has 0 aliphatic rings. The van der Waals surface area contributed by atoms with Crippen LogP contribution < -0.4 is 16.4 Å². The molecular formula is C22H14ClN5O3. The summed E-state index contributed by atoms with van der Waals surface area (Å²) in [4.78, 5) is 45.3. The Hall–Kier alpha value is -4.17. The van der Waals surface area contributed by atoms with Gasteiger partial charge in [0.05, 0.1) is 11.2 Å². The van der Waals surface area contributed by atoms with Gasteiger partial charge in [-0.05, 0) is 42.0 Å². The molecule has 1 amide bonds. The van der Waals surface area contributed by atoms with Gasteiger partial charge in [0.15, 0.2) is 5.65 Å². The van der Waals surface area contributed by atoms with E-state index in [2.05, 4.69) is 20.4 Å². The molecule has 31 heavy (non-hydrogen) atoms. The van der Waals surface area contributed by atoms with Gasteiger partial charge in [0.2, 0.25) is 0 Å². The number of H-pyrrole nitrogens is 2. The second-order valence-electron chi connectivity index (χ2n) is 6.90. The summed E-state index contributed by atoms with van der Waals surface area (Å²) in [5.41, 5.74) is 1.04. The molecule has 3 aromatic heterocycles. The van der Waals surface area contributed by atoms with Crippen molar-refractivity contribution in [3.63, 3.8) is 0 Å². The van der Waals surface area contributed by atoms with Crippen molar-refractivity contribution in [1.82, 2.24) is 19.6 Å². The number of amides is 1. The van der Waals surface area contributed by atoms with Crippen LogP contribution >= 0.6 is 11.6 Å². The monoisotopic (exact) mass is 431 g/mol. The summed E-state index contributed by atoms with van der Waals surface area (Å²) >= 11 is 6.05. The number of hydrogen-bond acceptors (Lipinski definition) is 4. The smallest absolute Gasteiger partial charge is 0.279 e. The lowest BCUT2D eigenvalue weighted by molar-refractivity contribution is 0.102. The van der Waals surface area contributed by atoms with Crippen LogP contribution in [0, 0.1) is 0 Å². The quantitative estimate of drug-likeness (QED) is 0.406. The van der Waals surface area contributed by atoms with Crippen molar-refractivity contribution in [2.24, 2.45) is 0 Å². The third-order valence-corrected chi connectivity index (χ3v) is 5.10. The van der Waals surface area contributed by atoms with Gasteiger partial charge in [0.1, 0.15) is 5.56 Å². The number of rotatable bonds is 3. The standard InChI is InChI=1S/C22H14ClN5O3/c23-14-5-1-3-12(9-14)17-11-18(29)28-20(26-17)19(22(31)27-28)21(30)25-15-6-7-16-13(10-15)4-2-8-24-16/h1-11,26H,(H,25,30)(H,27,31). The molecule has 5 aromatic rings. The van der Waals surface area contributed by atoms with Crippen molar-refractivity contribution >= 4 is 39.7 Å². The van der Waals surface area contributed by atoms with Crippen LogP contribution in [-0.4, -0.2) is 25.5 Å². The van der Waals surface area contributed by atoms with E-state index in [0.717, 1.165) is 15.4 Å². The number of nitrogens with zero attached hydrogens (tertiary/aromatic N) is 2. The fourth-order valence-corrected chi connectivity index (χ4v) is 3.63. The summed E-state index contributed by atoms with van der Waals surface area (Å²) in [7, 11) is 0. The number of aromatic nitrogens is 4. The van der Waals surface area contributed by atoms with E-state index < -0.39 is 17.0 Å². The highest BCUT2D eigenvalue weighted by atomic mass is 35.5. The van der Waals surface area contributed by atoms with Crippen LogP contribution in [0.15, 0.2) is 76.4 Å². The summed E-state index contributed by atoms with van der Waals surface area (Å²) < 4.78 is 1.01. The van der Waals surface area contributed by atoms with Crippen LogP contribution in [0.3, 0.4) is 0 Å². The summed E-state index contributed by atoms with van der Waals surface area (Å²) in [5, 5.41) is 6.45. The maximum absolute atomic E-state index is 13.0. The minimum absolute atomic E-state index is 0.0624. The van der Waals surface area contributed by atoms with Crippen LogP contribution in [0.4, 0.5) is 5.69 Å². The lowest BCUT2D eigenvalue weighted by Gasteiger charge is -2.07. The average molecular weight is 432 g/mol. The van der Waals surface area contributed by atoms with Crippen LogP contribution in [0.2, 0.25) is 5.02 Å². The number of pyridine rings is 1. The molecule has 9 heteroatoms. The van der Waals surface area contributed by atoms with E-state index in [9.17, 15) is 14.4 Å². The Kier molecular flexibility index (Phi) is 4.41. The molecule has 5 rings (SSSR count). The fourth-order valence-electron chi connectivity index (χ4n) is 3.44. The van der Waals surface area contributed by atoms with Gasteiger partial charge in [-0.25, -0.2) is 0 Å². The SMILES string of the molecule is O=C(Nc1ccc2ncccc2c1)c1c(=O)[nH]n2c(=O)cc(-c3cccc(Cl)c3)[nH]c12. The first kappa shape index (κ1) is 18.8. The first-order valence-corrected chi connectivity index (χ1v) is 9.67. The van der Waals surface area contributed by atoms with Crippen molar-refractivity contribution in [2.45, 2.75) is 0 Å². The van der Waals surface area contributed by atoms with Gasteiger partial charge in [-0.2, -0.15) is 4.52 Å². The molecule has 0 saturated heterocycles. The third kappa shape index (κ3) is 3.38. The molecule has 2 aromatic carbocycles. The summed E-state index contributed by atoms with van der Waals surface area (Å²) in [6.07, 6.45) is 1.68. The number of benzene rings is 2. The largest absolute Gasteiger partial charge is 0.339 e. The summed E-state index contributed by atoms with van der Waals surface area (Å²) in [6.45, 7) is 0. The Morgan fingerprint density at radius 2 is 1.90 bits per heavy atom. The van der Waals surface area contributed by atoms with E-state index in [1.165, 1.54) is 6.07 Å². The molecule has 0 saturated carbocycles. The molecule has 0 aliphatic heterocycles. The van der Waals surface area contributed by atoms with Gasteiger partial charge >= 0.3 is 0 Å². The van der Waals surface area contributed by atoms with E-state index >= 15 is 0 Å². The highest BCUT2D eigenvalue weighted by Gasteiger charge is 2.20. The van der Waals surface area contributed by atoms with Gasteiger partial charge in [0, 0.05) is 28.4 Å². The van der Waals surface area contributed by atoms with Crippen LogP contribution in [0.25, 0.3) is 27.8 Å². The van der Waals surface area contributed by atoms with Crippen LogP contribution in [0.5, 0.6) is 0 Å². The van der Waals surface area contributed by atoms with Crippen LogP contribution in [-0.2, 0) is 0 Å². The third-order valence-electron chi connectivity index (χ3n) is 4.87. The second-order valence-corrected chi connectivity index (χ2v) is 7.33. The molecule has 0 fully saturated rings. The normalized spacial score (nSPS) is 11.1. The van der Waals surface area contributed by atoms with E-state index in [0.29, 0.717) is 22.0 Å². The van der Waals surface area contributed by atoms with Crippen molar-refractivity contribution < 1.29 is 4.79 Å². The van der Waals surface area contributed by atoms with Gasteiger partial charge in [-0.3, -0.25) is 24.5 Å². The maximum Gasteiger partial charge on any atom is 0.279 e. The molecule has 0 bridgehead atoms. The Morgan fingerprint density at radius 1 is 1.03 bits per heavy atom. The van der Waals surface area contributed by atoms with Crippen molar-refractivity contribution in [2.75, 3.05) is 5.32 Å². The Morgan fingerprint density at radius 3 is 2.74 bits per heavy atom.